The third kappa shape index (κ3) is 2.85. The zero-order chi connectivity index (χ0) is 13.3. The summed E-state index contributed by atoms with van der Waals surface area (Å²) in [6.45, 7) is 4.67. The van der Waals surface area contributed by atoms with Gasteiger partial charge in [-0.25, -0.2) is 0 Å². The maximum absolute atomic E-state index is 10.8. The third-order valence-corrected chi connectivity index (χ3v) is 6.37. The van der Waals surface area contributed by atoms with E-state index in [2.05, 4.69) is 11.8 Å². The average molecular weight is 265 g/mol. The summed E-state index contributed by atoms with van der Waals surface area (Å²) in [7, 11) is 0. The topological polar surface area (TPSA) is 23.5 Å². The number of hydrogen-bond acceptors (Lipinski definition) is 2. The molecule has 0 aromatic heterocycles. The highest BCUT2D eigenvalue weighted by Crippen LogP contribution is 2.41. The van der Waals surface area contributed by atoms with Crippen LogP contribution in [-0.2, 0) is 0 Å². The summed E-state index contributed by atoms with van der Waals surface area (Å²) in [6, 6.07) is 0.828. The van der Waals surface area contributed by atoms with E-state index in [9.17, 15) is 5.11 Å². The van der Waals surface area contributed by atoms with Gasteiger partial charge in [-0.2, -0.15) is 0 Å². The molecule has 0 radical (unpaired) electrons. The fraction of sp³-hybridized carbons (Fsp3) is 1.00. The third-order valence-electron chi connectivity index (χ3n) is 6.37. The van der Waals surface area contributed by atoms with Gasteiger partial charge in [0.15, 0.2) is 0 Å². The molecule has 3 aliphatic rings. The van der Waals surface area contributed by atoms with Gasteiger partial charge in [-0.15, -0.1) is 0 Å². The van der Waals surface area contributed by atoms with Crippen LogP contribution >= 0.6 is 0 Å². The van der Waals surface area contributed by atoms with Crippen LogP contribution in [0.4, 0.5) is 0 Å². The van der Waals surface area contributed by atoms with Gasteiger partial charge in [0.2, 0.25) is 0 Å². The molecule has 0 bridgehead atoms. The van der Waals surface area contributed by atoms with Crippen molar-refractivity contribution >= 4 is 0 Å². The summed E-state index contributed by atoms with van der Waals surface area (Å²) in [4.78, 5) is 2.73. The predicted molar refractivity (Wildman–Crippen MR) is 79.1 cm³/mol. The largest absolute Gasteiger partial charge is 0.390 e. The Balaban J connectivity index is 1.56. The average Bonchev–Trinajstić information content (AvgIpc) is 2.46. The van der Waals surface area contributed by atoms with Gasteiger partial charge in [-0.05, 0) is 50.9 Å². The van der Waals surface area contributed by atoms with Crippen LogP contribution in [0.2, 0.25) is 0 Å². The standard InChI is InChI=1S/C17H31NO/c1-2-14-6-8-16(9-7-14)18-12-11-17(19)10-4-3-5-15(17)13-18/h14-16,19H,2-13H2,1H3. The van der Waals surface area contributed by atoms with Gasteiger partial charge in [0.25, 0.3) is 0 Å². The summed E-state index contributed by atoms with van der Waals surface area (Å²) < 4.78 is 0. The van der Waals surface area contributed by atoms with Crippen molar-refractivity contribution in [2.45, 2.75) is 82.8 Å². The molecule has 3 fully saturated rings. The second-order valence-electron chi connectivity index (χ2n) is 7.37. The molecule has 2 nitrogen and oxygen atoms in total. The van der Waals surface area contributed by atoms with E-state index in [1.807, 2.05) is 0 Å². The highest BCUT2D eigenvalue weighted by atomic mass is 16.3. The molecule has 2 saturated carbocycles. The lowest BCUT2D eigenvalue weighted by atomic mass is 9.70. The normalized spacial score (nSPS) is 44.8. The van der Waals surface area contributed by atoms with E-state index in [-0.39, 0.29) is 5.60 Å². The highest BCUT2D eigenvalue weighted by molar-refractivity contribution is 4.97. The summed E-state index contributed by atoms with van der Waals surface area (Å²) in [5.74, 6) is 1.56. The van der Waals surface area contributed by atoms with Gasteiger partial charge < -0.3 is 5.11 Å². The van der Waals surface area contributed by atoms with Crippen molar-refractivity contribution in [1.82, 2.24) is 4.90 Å². The minimum Gasteiger partial charge on any atom is -0.390 e. The first-order valence-electron chi connectivity index (χ1n) is 8.67. The number of hydrogen-bond donors (Lipinski definition) is 1. The minimum atomic E-state index is -0.296. The maximum Gasteiger partial charge on any atom is 0.0700 e. The Labute approximate surface area is 118 Å². The van der Waals surface area contributed by atoms with Gasteiger partial charge in [-0.1, -0.05) is 26.2 Å². The Kier molecular flexibility index (Phi) is 4.19. The van der Waals surface area contributed by atoms with Crippen LogP contribution in [0.3, 0.4) is 0 Å². The molecule has 1 aliphatic heterocycles. The smallest absolute Gasteiger partial charge is 0.0700 e. The van der Waals surface area contributed by atoms with Gasteiger partial charge in [0.1, 0.15) is 0 Å². The Morgan fingerprint density at radius 1 is 1.05 bits per heavy atom. The van der Waals surface area contributed by atoms with E-state index in [1.54, 1.807) is 0 Å². The van der Waals surface area contributed by atoms with Gasteiger partial charge >= 0.3 is 0 Å². The Morgan fingerprint density at radius 2 is 1.84 bits per heavy atom. The predicted octanol–water partition coefficient (Wildman–Crippen LogP) is 3.58. The van der Waals surface area contributed by atoms with Crippen molar-refractivity contribution in [3.63, 3.8) is 0 Å². The van der Waals surface area contributed by atoms with Crippen LogP contribution in [-0.4, -0.2) is 34.7 Å². The highest BCUT2D eigenvalue weighted by Gasteiger charge is 2.44. The van der Waals surface area contributed by atoms with Crippen LogP contribution in [0.25, 0.3) is 0 Å². The van der Waals surface area contributed by atoms with Crippen molar-refractivity contribution in [1.29, 1.82) is 0 Å². The van der Waals surface area contributed by atoms with Crippen LogP contribution in [0.15, 0.2) is 0 Å². The molecule has 19 heavy (non-hydrogen) atoms. The van der Waals surface area contributed by atoms with Crippen LogP contribution in [0, 0.1) is 11.8 Å². The van der Waals surface area contributed by atoms with Gasteiger partial charge in [0.05, 0.1) is 5.60 Å². The van der Waals surface area contributed by atoms with Crippen molar-refractivity contribution in [2.75, 3.05) is 13.1 Å². The fourth-order valence-electron chi connectivity index (χ4n) is 4.85. The molecule has 1 N–H and O–H groups in total. The van der Waals surface area contributed by atoms with E-state index in [4.69, 9.17) is 0 Å². The molecule has 1 heterocycles. The second kappa shape index (κ2) is 5.73. The van der Waals surface area contributed by atoms with Gasteiger partial charge in [0, 0.05) is 25.0 Å². The molecule has 0 aromatic rings. The monoisotopic (exact) mass is 265 g/mol. The second-order valence-corrected chi connectivity index (χ2v) is 7.37. The van der Waals surface area contributed by atoms with Crippen molar-refractivity contribution in [3.05, 3.63) is 0 Å². The zero-order valence-corrected chi connectivity index (χ0v) is 12.6. The fourth-order valence-corrected chi connectivity index (χ4v) is 4.85. The Morgan fingerprint density at radius 3 is 2.58 bits per heavy atom. The number of aliphatic hydroxyl groups is 1. The van der Waals surface area contributed by atoms with E-state index < -0.39 is 0 Å². The van der Waals surface area contributed by atoms with Crippen LogP contribution in [0.5, 0.6) is 0 Å². The van der Waals surface area contributed by atoms with Crippen LogP contribution < -0.4 is 0 Å². The molecule has 110 valence electrons. The van der Waals surface area contributed by atoms with E-state index >= 15 is 0 Å². The van der Waals surface area contributed by atoms with Crippen molar-refractivity contribution < 1.29 is 5.11 Å². The summed E-state index contributed by atoms with van der Waals surface area (Å²) in [5, 5.41) is 10.8. The Bertz CT molecular complexity index is 298. The minimum absolute atomic E-state index is 0.296. The zero-order valence-electron chi connectivity index (χ0n) is 12.6. The van der Waals surface area contributed by atoms with Crippen molar-refractivity contribution in [2.24, 2.45) is 11.8 Å². The molecule has 2 heteroatoms. The van der Waals surface area contributed by atoms with Gasteiger partial charge in [-0.3, -0.25) is 4.90 Å². The molecule has 1 saturated heterocycles. The molecule has 2 unspecified atom stereocenters. The first kappa shape index (κ1) is 13.9. The number of fused-ring (bicyclic) bond motifs is 1. The summed E-state index contributed by atoms with van der Waals surface area (Å²) in [6.07, 6.45) is 13.0. The maximum atomic E-state index is 10.8. The lowest BCUT2D eigenvalue weighted by Crippen LogP contribution is -2.56. The summed E-state index contributed by atoms with van der Waals surface area (Å²) in [5.41, 5.74) is -0.296. The SMILES string of the molecule is CCC1CCC(N2CCC3(O)CCCCC3C2)CC1. The molecule has 0 amide bonds. The molecule has 2 atom stereocenters. The van der Waals surface area contributed by atoms with E-state index in [0.29, 0.717) is 5.92 Å². The molecular weight excluding hydrogens is 234 g/mol. The number of piperidine rings is 1. The summed E-state index contributed by atoms with van der Waals surface area (Å²) >= 11 is 0. The lowest BCUT2D eigenvalue weighted by molar-refractivity contribution is -0.105. The quantitative estimate of drug-likeness (QED) is 0.825. The van der Waals surface area contributed by atoms with Crippen LogP contribution in [0.1, 0.15) is 71.1 Å². The number of likely N-dealkylation sites (tertiary alicyclic amines) is 1. The molecule has 0 spiro atoms. The first-order chi connectivity index (χ1) is 9.21. The Hall–Kier alpha value is -0.0800. The molecular formula is C17H31NO. The number of rotatable bonds is 2. The lowest BCUT2D eigenvalue weighted by Gasteiger charge is -2.50. The molecule has 2 aliphatic carbocycles. The van der Waals surface area contributed by atoms with E-state index in [0.717, 1.165) is 31.3 Å². The number of nitrogens with zero attached hydrogens (tertiary/aromatic N) is 1. The van der Waals surface area contributed by atoms with E-state index in [1.165, 1.54) is 57.9 Å². The molecule has 3 rings (SSSR count). The van der Waals surface area contributed by atoms with Crippen molar-refractivity contribution in [3.8, 4) is 0 Å². The molecule has 0 aromatic carbocycles. The first-order valence-corrected chi connectivity index (χ1v) is 8.67.